The Balaban J connectivity index is 1.81. The van der Waals surface area contributed by atoms with Crippen molar-refractivity contribution < 1.29 is 0 Å². The van der Waals surface area contributed by atoms with Gasteiger partial charge in [0.05, 0.1) is 10.7 Å². The van der Waals surface area contributed by atoms with Crippen LogP contribution in [0.15, 0.2) is 39.3 Å². The number of benzene rings is 1. The minimum atomic E-state index is 0.638. The maximum Gasteiger partial charge on any atom is 0.210 e. The van der Waals surface area contributed by atoms with Gasteiger partial charge in [0.25, 0.3) is 0 Å². The van der Waals surface area contributed by atoms with Gasteiger partial charge < -0.3 is 5.84 Å². The quantitative estimate of drug-likeness (QED) is 0.553. The van der Waals surface area contributed by atoms with Gasteiger partial charge in [-0.25, -0.2) is 9.66 Å². The molecule has 108 valence electrons. The first-order valence-electron chi connectivity index (χ1n) is 6.14. The van der Waals surface area contributed by atoms with Gasteiger partial charge in [0.15, 0.2) is 5.82 Å². The van der Waals surface area contributed by atoms with E-state index in [4.69, 9.17) is 5.84 Å². The number of thiazole rings is 1. The van der Waals surface area contributed by atoms with E-state index < -0.39 is 0 Å². The Kier molecular flexibility index (Phi) is 4.27. The lowest BCUT2D eigenvalue weighted by Crippen LogP contribution is -2.11. The van der Waals surface area contributed by atoms with Crippen molar-refractivity contribution in [3.63, 3.8) is 0 Å². The van der Waals surface area contributed by atoms with Crippen molar-refractivity contribution in [1.29, 1.82) is 0 Å². The van der Waals surface area contributed by atoms with Gasteiger partial charge in [-0.3, -0.25) is 0 Å². The van der Waals surface area contributed by atoms with Gasteiger partial charge in [0.2, 0.25) is 5.16 Å². The van der Waals surface area contributed by atoms with E-state index in [2.05, 4.69) is 31.1 Å². The molecule has 0 atom stereocenters. The van der Waals surface area contributed by atoms with Crippen LogP contribution in [0.2, 0.25) is 0 Å². The summed E-state index contributed by atoms with van der Waals surface area (Å²) in [6.45, 7) is 2.00. The Morgan fingerprint density at radius 1 is 1.33 bits per heavy atom. The number of aryl methyl sites for hydroxylation is 1. The second kappa shape index (κ2) is 6.17. The van der Waals surface area contributed by atoms with Crippen LogP contribution in [0, 0.1) is 6.92 Å². The largest absolute Gasteiger partial charge is 0.335 e. The number of nitrogen functional groups attached to an aromatic ring is 1. The standard InChI is InChI=1S/C13H12BrN5S2/c1-8-16-9(6-20-8)7-21-13-18-17-12(19(13)15)10-4-2-3-5-11(10)14/h2-6H,7,15H2,1H3. The first kappa shape index (κ1) is 14.6. The number of nitrogens with zero attached hydrogens (tertiary/aromatic N) is 4. The minimum Gasteiger partial charge on any atom is -0.335 e. The molecule has 8 heteroatoms. The molecule has 0 saturated heterocycles. The molecular formula is C13H12BrN5S2. The van der Waals surface area contributed by atoms with E-state index in [-0.39, 0.29) is 0 Å². The molecule has 3 aromatic rings. The molecule has 2 heterocycles. The van der Waals surface area contributed by atoms with Gasteiger partial charge in [-0.2, -0.15) is 0 Å². The molecule has 0 spiro atoms. The Morgan fingerprint density at radius 3 is 2.86 bits per heavy atom. The van der Waals surface area contributed by atoms with Gasteiger partial charge in [-0.05, 0) is 19.1 Å². The van der Waals surface area contributed by atoms with Crippen LogP contribution in [0.5, 0.6) is 0 Å². The maximum atomic E-state index is 6.11. The van der Waals surface area contributed by atoms with E-state index in [0.29, 0.717) is 11.0 Å². The van der Waals surface area contributed by atoms with Crippen molar-refractivity contribution >= 4 is 39.0 Å². The summed E-state index contributed by atoms with van der Waals surface area (Å²) in [6, 6.07) is 7.80. The molecule has 0 bridgehead atoms. The Hall–Kier alpha value is -1.38. The highest BCUT2D eigenvalue weighted by atomic mass is 79.9. The van der Waals surface area contributed by atoms with Crippen LogP contribution in [-0.4, -0.2) is 19.9 Å². The fourth-order valence-corrected chi connectivity index (χ4v) is 3.74. The van der Waals surface area contributed by atoms with Crippen molar-refractivity contribution in [3.8, 4) is 11.4 Å². The number of rotatable bonds is 4. The molecule has 1 aromatic carbocycles. The van der Waals surface area contributed by atoms with Gasteiger partial charge in [0, 0.05) is 21.2 Å². The predicted octanol–water partition coefficient (Wildman–Crippen LogP) is 3.48. The number of hydrogen-bond acceptors (Lipinski definition) is 6. The third kappa shape index (κ3) is 3.12. The molecular weight excluding hydrogens is 370 g/mol. The van der Waals surface area contributed by atoms with Crippen LogP contribution in [0.3, 0.4) is 0 Å². The van der Waals surface area contributed by atoms with Crippen LogP contribution in [0.1, 0.15) is 10.7 Å². The number of nitrogens with two attached hydrogens (primary N) is 1. The zero-order chi connectivity index (χ0) is 14.8. The Labute approximate surface area is 138 Å². The molecule has 5 nitrogen and oxygen atoms in total. The maximum absolute atomic E-state index is 6.11. The van der Waals surface area contributed by atoms with Crippen LogP contribution < -0.4 is 5.84 Å². The van der Waals surface area contributed by atoms with E-state index in [9.17, 15) is 0 Å². The van der Waals surface area contributed by atoms with Crippen LogP contribution in [-0.2, 0) is 5.75 Å². The molecule has 0 aliphatic carbocycles. The van der Waals surface area contributed by atoms with Crippen molar-refractivity contribution in [2.75, 3.05) is 5.84 Å². The van der Waals surface area contributed by atoms with Crippen LogP contribution in [0.25, 0.3) is 11.4 Å². The summed E-state index contributed by atoms with van der Waals surface area (Å²) in [6.07, 6.45) is 0. The van der Waals surface area contributed by atoms with Crippen molar-refractivity contribution in [2.45, 2.75) is 17.8 Å². The van der Waals surface area contributed by atoms with E-state index in [1.807, 2.05) is 36.6 Å². The summed E-state index contributed by atoms with van der Waals surface area (Å²) in [7, 11) is 0. The average Bonchev–Trinajstić information content (AvgIpc) is 3.04. The molecule has 0 aliphatic heterocycles. The van der Waals surface area contributed by atoms with E-state index >= 15 is 0 Å². The second-order valence-electron chi connectivity index (χ2n) is 4.30. The fourth-order valence-electron chi connectivity index (χ4n) is 1.81. The van der Waals surface area contributed by atoms with Crippen molar-refractivity contribution in [3.05, 3.63) is 44.8 Å². The topological polar surface area (TPSA) is 69.6 Å². The highest BCUT2D eigenvalue weighted by Crippen LogP contribution is 2.29. The van der Waals surface area contributed by atoms with Gasteiger partial charge in [-0.15, -0.1) is 21.5 Å². The first-order valence-corrected chi connectivity index (χ1v) is 8.80. The number of aromatic nitrogens is 4. The molecule has 0 radical (unpaired) electrons. The summed E-state index contributed by atoms with van der Waals surface area (Å²) in [5.41, 5.74) is 1.96. The van der Waals surface area contributed by atoms with Crippen LogP contribution in [0.4, 0.5) is 0 Å². The monoisotopic (exact) mass is 381 g/mol. The zero-order valence-corrected chi connectivity index (χ0v) is 14.4. The predicted molar refractivity (Wildman–Crippen MR) is 89.7 cm³/mol. The lowest BCUT2D eigenvalue weighted by molar-refractivity contribution is 0.849. The molecule has 0 amide bonds. The highest BCUT2D eigenvalue weighted by Gasteiger charge is 2.14. The third-order valence-corrected chi connectivity index (χ3v) is 5.29. The van der Waals surface area contributed by atoms with E-state index in [1.54, 1.807) is 11.3 Å². The second-order valence-corrected chi connectivity index (χ2v) is 7.16. The van der Waals surface area contributed by atoms with Gasteiger partial charge in [-0.1, -0.05) is 39.8 Å². The lowest BCUT2D eigenvalue weighted by Gasteiger charge is -2.04. The van der Waals surface area contributed by atoms with E-state index in [1.165, 1.54) is 16.4 Å². The van der Waals surface area contributed by atoms with Crippen molar-refractivity contribution in [2.24, 2.45) is 0 Å². The molecule has 2 N–H and O–H groups in total. The van der Waals surface area contributed by atoms with E-state index in [0.717, 1.165) is 26.5 Å². The molecule has 3 rings (SSSR count). The summed E-state index contributed by atoms with van der Waals surface area (Å²) in [5, 5.41) is 12.1. The molecule has 0 unspecified atom stereocenters. The number of thioether (sulfide) groups is 1. The minimum absolute atomic E-state index is 0.638. The Bertz CT molecular complexity index is 768. The summed E-state index contributed by atoms with van der Waals surface area (Å²) >= 11 is 6.67. The lowest BCUT2D eigenvalue weighted by atomic mass is 10.2. The van der Waals surface area contributed by atoms with Crippen LogP contribution >= 0.6 is 39.0 Å². The van der Waals surface area contributed by atoms with Crippen molar-refractivity contribution in [1.82, 2.24) is 19.9 Å². The average molecular weight is 382 g/mol. The first-order chi connectivity index (χ1) is 10.1. The SMILES string of the molecule is Cc1nc(CSc2nnc(-c3ccccc3Br)n2N)cs1. The normalized spacial score (nSPS) is 11.0. The number of hydrogen-bond donors (Lipinski definition) is 1. The smallest absolute Gasteiger partial charge is 0.210 e. The molecule has 2 aromatic heterocycles. The molecule has 0 saturated carbocycles. The molecule has 0 fully saturated rings. The zero-order valence-electron chi connectivity index (χ0n) is 11.2. The molecule has 21 heavy (non-hydrogen) atoms. The highest BCUT2D eigenvalue weighted by molar-refractivity contribution is 9.10. The Morgan fingerprint density at radius 2 is 2.14 bits per heavy atom. The molecule has 0 aliphatic rings. The number of halogens is 1. The van der Waals surface area contributed by atoms with Gasteiger partial charge in [0.1, 0.15) is 0 Å². The third-order valence-electron chi connectivity index (χ3n) is 2.80. The van der Waals surface area contributed by atoms with Gasteiger partial charge >= 0.3 is 0 Å². The summed E-state index contributed by atoms with van der Waals surface area (Å²) < 4.78 is 2.46. The summed E-state index contributed by atoms with van der Waals surface area (Å²) in [5.74, 6) is 7.48. The fraction of sp³-hybridized carbons (Fsp3) is 0.154. The summed E-state index contributed by atoms with van der Waals surface area (Å²) in [4.78, 5) is 4.43.